The SMILES string of the molecule is CCN(CC)c1ccc(/C=C2/NC(=O)N(c3ccc(Cl)cc3)C2=O)cc1Br. The van der Waals surface area contributed by atoms with Crippen LogP contribution in [-0.4, -0.2) is 25.0 Å². The Morgan fingerprint density at radius 2 is 1.78 bits per heavy atom. The molecule has 1 aliphatic heterocycles. The molecule has 0 unspecified atom stereocenters. The van der Waals surface area contributed by atoms with Crippen molar-refractivity contribution in [3.63, 3.8) is 0 Å². The molecule has 27 heavy (non-hydrogen) atoms. The normalized spacial score (nSPS) is 15.4. The van der Waals surface area contributed by atoms with Crippen molar-refractivity contribution in [2.75, 3.05) is 22.9 Å². The molecule has 0 aliphatic carbocycles. The summed E-state index contributed by atoms with van der Waals surface area (Å²) in [5.74, 6) is -0.397. The lowest BCUT2D eigenvalue weighted by Crippen LogP contribution is -2.30. The number of rotatable bonds is 5. The second kappa shape index (κ2) is 8.15. The van der Waals surface area contributed by atoms with Crippen molar-refractivity contribution in [3.05, 3.63) is 63.2 Å². The monoisotopic (exact) mass is 447 g/mol. The van der Waals surface area contributed by atoms with Crippen LogP contribution in [0.4, 0.5) is 16.2 Å². The van der Waals surface area contributed by atoms with Crippen molar-refractivity contribution in [2.45, 2.75) is 13.8 Å². The summed E-state index contributed by atoms with van der Waals surface area (Å²) in [5.41, 5.74) is 2.62. The Labute approximate surface area is 171 Å². The molecule has 1 fully saturated rings. The summed E-state index contributed by atoms with van der Waals surface area (Å²) in [7, 11) is 0. The summed E-state index contributed by atoms with van der Waals surface area (Å²) in [6.07, 6.45) is 1.67. The Hall–Kier alpha value is -2.31. The number of amides is 3. The Morgan fingerprint density at radius 1 is 1.11 bits per heavy atom. The van der Waals surface area contributed by atoms with Crippen LogP contribution in [0.1, 0.15) is 19.4 Å². The van der Waals surface area contributed by atoms with Gasteiger partial charge in [0.1, 0.15) is 5.70 Å². The van der Waals surface area contributed by atoms with Gasteiger partial charge in [0, 0.05) is 22.6 Å². The van der Waals surface area contributed by atoms with E-state index in [-0.39, 0.29) is 5.70 Å². The summed E-state index contributed by atoms with van der Waals surface area (Å²) in [4.78, 5) is 28.3. The van der Waals surface area contributed by atoms with Crippen molar-refractivity contribution in [2.24, 2.45) is 0 Å². The summed E-state index contributed by atoms with van der Waals surface area (Å²) in [5, 5.41) is 3.18. The minimum absolute atomic E-state index is 0.234. The van der Waals surface area contributed by atoms with Gasteiger partial charge in [0.15, 0.2) is 0 Å². The number of hydrogen-bond acceptors (Lipinski definition) is 3. The van der Waals surface area contributed by atoms with Crippen molar-refractivity contribution in [1.29, 1.82) is 0 Å². The smallest absolute Gasteiger partial charge is 0.333 e. The Bertz CT molecular complexity index is 908. The van der Waals surface area contributed by atoms with Crippen LogP contribution in [0.2, 0.25) is 5.02 Å². The average Bonchev–Trinajstić information content (AvgIpc) is 2.92. The third-order valence-electron chi connectivity index (χ3n) is 4.35. The van der Waals surface area contributed by atoms with Crippen molar-refractivity contribution < 1.29 is 9.59 Å². The van der Waals surface area contributed by atoms with Gasteiger partial charge in [-0.25, -0.2) is 9.69 Å². The fraction of sp³-hybridized carbons (Fsp3) is 0.200. The predicted octanol–water partition coefficient (Wildman–Crippen LogP) is 5.05. The molecule has 1 heterocycles. The minimum atomic E-state index is -0.479. The zero-order valence-corrected chi connectivity index (χ0v) is 17.3. The number of nitrogens with zero attached hydrogens (tertiary/aromatic N) is 2. The van der Waals surface area contributed by atoms with E-state index >= 15 is 0 Å². The topological polar surface area (TPSA) is 52.7 Å². The molecule has 3 rings (SSSR count). The summed E-state index contributed by atoms with van der Waals surface area (Å²) >= 11 is 9.47. The number of anilines is 2. The molecular weight excluding hydrogens is 430 g/mol. The molecular formula is C20H19BrClN3O2. The zero-order chi connectivity index (χ0) is 19.6. The highest BCUT2D eigenvalue weighted by molar-refractivity contribution is 9.10. The van der Waals surface area contributed by atoms with E-state index in [9.17, 15) is 9.59 Å². The maximum atomic E-state index is 12.7. The largest absolute Gasteiger partial charge is 0.371 e. The van der Waals surface area contributed by atoms with E-state index in [1.54, 1.807) is 30.3 Å². The molecule has 0 spiro atoms. The quantitative estimate of drug-likeness (QED) is 0.515. The van der Waals surface area contributed by atoms with Crippen LogP contribution in [-0.2, 0) is 4.79 Å². The van der Waals surface area contributed by atoms with Crippen molar-refractivity contribution >= 4 is 56.9 Å². The third kappa shape index (κ3) is 4.01. The van der Waals surface area contributed by atoms with Gasteiger partial charge in [-0.05, 0) is 77.8 Å². The highest BCUT2D eigenvalue weighted by Gasteiger charge is 2.34. The molecule has 3 amide bonds. The summed E-state index contributed by atoms with van der Waals surface area (Å²) < 4.78 is 0.937. The first-order valence-electron chi connectivity index (χ1n) is 8.61. The molecule has 0 saturated carbocycles. The van der Waals surface area contributed by atoms with Crippen LogP contribution in [0.25, 0.3) is 6.08 Å². The fourth-order valence-electron chi connectivity index (χ4n) is 2.96. The first kappa shape index (κ1) is 19.5. The highest BCUT2D eigenvalue weighted by atomic mass is 79.9. The minimum Gasteiger partial charge on any atom is -0.371 e. The number of benzene rings is 2. The average molecular weight is 449 g/mol. The number of hydrogen-bond donors (Lipinski definition) is 1. The molecule has 0 radical (unpaired) electrons. The van der Waals surface area contributed by atoms with Gasteiger partial charge in [0.05, 0.1) is 11.4 Å². The molecule has 2 aromatic carbocycles. The van der Waals surface area contributed by atoms with Crippen LogP contribution >= 0.6 is 27.5 Å². The molecule has 1 N–H and O–H groups in total. The molecule has 0 atom stereocenters. The van der Waals surface area contributed by atoms with Gasteiger partial charge in [-0.3, -0.25) is 4.79 Å². The maximum absolute atomic E-state index is 12.7. The second-order valence-electron chi connectivity index (χ2n) is 5.99. The van der Waals surface area contributed by atoms with E-state index in [1.807, 2.05) is 18.2 Å². The number of nitrogens with one attached hydrogen (secondary N) is 1. The Balaban J connectivity index is 1.87. The number of halogens is 2. The predicted molar refractivity (Wildman–Crippen MR) is 113 cm³/mol. The number of imide groups is 1. The van der Waals surface area contributed by atoms with Gasteiger partial charge in [0.25, 0.3) is 5.91 Å². The lowest BCUT2D eigenvalue weighted by molar-refractivity contribution is -0.113. The molecule has 5 nitrogen and oxygen atoms in total. The van der Waals surface area contributed by atoms with E-state index in [4.69, 9.17) is 11.6 Å². The number of urea groups is 1. The van der Waals surface area contributed by atoms with E-state index in [1.165, 1.54) is 0 Å². The van der Waals surface area contributed by atoms with Gasteiger partial charge in [-0.1, -0.05) is 17.7 Å². The van der Waals surface area contributed by atoms with Crippen LogP contribution in [0, 0.1) is 0 Å². The lowest BCUT2D eigenvalue weighted by Gasteiger charge is -2.22. The number of carbonyl (C=O) groups excluding carboxylic acids is 2. The molecule has 0 bridgehead atoms. The van der Waals surface area contributed by atoms with Crippen LogP contribution in [0.5, 0.6) is 0 Å². The number of carbonyl (C=O) groups is 2. The van der Waals surface area contributed by atoms with Crippen molar-refractivity contribution in [3.8, 4) is 0 Å². The first-order valence-corrected chi connectivity index (χ1v) is 9.79. The first-order chi connectivity index (χ1) is 12.9. The van der Waals surface area contributed by atoms with Gasteiger partial charge >= 0.3 is 6.03 Å². The standard InChI is InChI=1S/C20H19BrClN3O2/c1-3-24(4-2)18-10-5-13(11-16(18)21)12-17-19(26)25(20(27)23-17)15-8-6-14(22)7-9-15/h5-12H,3-4H2,1-2H3,(H,23,27)/b17-12+. The van der Waals surface area contributed by atoms with Crippen molar-refractivity contribution in [1.82, 2.24) is 5.32 Å². The van der Waals surface area contributed by atoms with Crippen LogP contribution in [0.3, 0.4) is 0 Å². The molecule has 0 aromatic heterocycles. The highest BCUT2D eigenvalue weighted by Crippen LogP contribution is 2.29. The van der Waals surface area contributed by atoms with Crippen LogP contribution < -0.4 is 15.1 Å². The van der Waals surface area contributed by atoms with E-state index in [0.717, 1.165) is 33.7 Å². The van der Waals surface area contributed by atoms with Gasteiger partial charge in [-0.2, -0.15) is 0 Å². The summed E-state index contributed by atoms with van der Waals surface area (Å²) in [6.45, 7) is 6.01. The molecule has 7 heteroatoms. The molecule has 1 aliphatic rings. The van der Waals surface area contributed by atoms with E-state index in [0.29, 0.717) is 10.7 Å². The lowest BCUT2D eigenvalue weighted by atomic mass is 10.1. The third-order valence-corrected chi connectivity index (χ3v) is 5.24. The fourth-order valence-corrected chi connectivity index (χ4v) is 3.73. The van der Waals surface area contributed by atoms with Gasteiger partial charge < -0.3 is 10.2 Å². The summed E-state index contributed by atoms with van der Waals surface area (Å²) in [6, 6.07) is 11.9. The zero-order valence-electron chi connectivity index (χ0n) is 15.0. The van der Waals surface area contributed by atoms with E-state index in [2.05, 4.69) is 40.0 Å². The Kier molecular flexibility index (Phi) is 5.87. The van der Waals surface area contributed by atoms with Gasteiger partial charge in [0.2, 0.25) is 0 Å². The molecule has 2 aromatic rings. The van der Waals surface area contributed by atoms with E-state index < -0.39 is 11.9 Å². The molecule has 1 saturated heterocycles. The second-order valence-corrected chi connectivity index (χ2v) is 7.28. The Morgan fingerprint density at radius 3 is 2.37 bits per heavy atom. The maximum Gasteiger partial charge on any atom is 0.333 e. The van der Waals surface area contributed by atoms with Gasteiger partial charge in [-0.15, -0.1) is 0 Å². The molecule has 140 valence electrons. The van der Waals surface area contributed by atoms with Crippen LogP contribution in [0.15, 0.2) is 52.6 Å².